The number of hydrogen-bond acceptors (Lipinski definition) is 2. The molecule has 0 saturated carbocycles. The summed E-state index contributed by atoms with van der Waals surface area (Å²) in [5.41, 5.74) is 3.89. The van der Waals surface area contributed by atoms with Gasteiger partial charge in [0.15, 0.2) is 0 Å². The zero-order chi connectivity index (χ0) is 28.5. The number of phenolic OH excluding ortho intramolecular Hbond substituents is 2. The van der Waals surface area contributed by atoms with Crippen molar-refractivity contribution in [3.63, 3.8) is 0 Å². The Hall–Kier alpha value is -4.89. The molecule has 8 rings (SSSR count). The number of rotatable bonds is 2. The summed E-state index contributed by atoms with van der Waals surface area (Å²) in [5, 5.41) is 30.0. The van der Waals surface area contributed by atoms with Gasteiger partial charge < -0.3 is 25.1 Å². The molecule has 0 radical (unpaired) electrons. The molecule has 3 heteroatoms. The van der Waals surface area contributed by atoms with Crippen LogP contribution < -0.4 is 0 Å². The van der Waals surface area contributed by atoms with Crippen LogP contribution in [0.2, 0.25) is 0 Å². The second-order valence-corrected chi connectivity index (χ2v) is 10.4. The van der Waals surface area contributed by atoms with Gasteiger partial charge in [0.2, 0.25) is 0 Å². The van der Waals surface area contributed by atoms with Gasteiger partial charge in [0.25, 0.3) is 0 Å². The summed E-state index contributed by atoms with van der Waals surface area (Å²) < 4.78 is 0. The molecule has 0 spiro atoms. The molecule has 2 nitrogen and oxygen atoms in total. The summed E-state index contributed by atoms with van der Waals surface area (Å²) in [6.07, 6.45) is 0. The molecule has 218 valence electrons. The van der Waals surface area contributed by atoms with E-state index in [0.29, 0.717) is 11.5 Å². The van der Waals surface area contributed by atoms with E-state index in [1.54, 1.807) is 6.07 Å². The molecule has 45 heavy (non-hydrogen) atoms. The molecule has 0 aliphatic heterocycles. The van der Waals surface area contributed by atoms with E-state index in [2.05, 4.69) is 72.8 Å². The standard InChI is InChI=1S/2C20H14O.2CH3.Ti/c21-20-11-4-3-8-19(20)17-10-5-9-16-15-7-2-1-6-14(15)12-13-18(16)17;21-20-18-13-7-5-11-16(18)15-10-4-6-12-17(15)19(20)14-8-2-1-3-9-14;;;/h2*1-13,21H;2*1H3;/q;;2*-1;+2. The van der Waals surface area contributed by atoms with E-state index in [1.165, 1.54) is 21.5 Å². The van der Waals surface area contributed by atoms with E-state index >= 15 is 0 Å². The molecule has 0 aliphatic rings. The first-order valence-corrected chi connectivity index (χ1v) is 14.1. The van der Waals surface area contributed by atoms with Crippen LogP contribution in [0.5, 0.6) is 11.5 Å². The van der Waals surface area contributed by atoms with Gasteiger partial charge in [-0.2, -0.15) is 0 Å². The first-order chi connectivity index (χ1) is 20.7. The van der Waals surface area contributed by atoms with Gasteiger partial charge in [0.05, 0.1) is 0 Å². The smallest absolute Gasteiger partial charge is 0.507 e. The normalized spacial score (nSPS) is 10.3. The Balaban J connectivity index is 0.000000192. The van der Waals surface area contributed by atoms with Gasteiger partial charge >= 0.3 is 21.7 Å². The Morgan fingerprint density at radius 3 is 1.53 bits per heavy atom. The zero-order valence-corrected chi connectivity index (χ0v) is 27.0. The van der Waals surface area contributed by atoms with Crippen molar-refractivity contribution in [1.82, 2.24) is 0 Å². The average molecular weight is 619 g/mol. The molecule has 0 fully saturated rings. The van der Waals surface area contributed by atoms with E-state index in [0.717, 1.165) is 43.8 Å². The van der Waals surface area contributed by atoms with Gasteiger partial charge in [0.1, 0.15) is 11.5 Å². The van der Waals surface area contributed by atoms with E-state index in [4.69, 9.17) is 0 Å². The van der Waals surface area contributed by atoms with Crippen molar-refractivity contribution in [2.24, 2.45) is 0 Å². The summed E-state index contributed by atoms with van der Waals surface area (Å²) in [5.74, 6) is 0.675. The minimum Gasteiger partial charge on any atom is -0.507 e. The maximum Gasteiger partial charge on any atom is 2.00 e. The maximum atomic E-state index is 10.8. The molecule has 0 heterocycles. The van der Waals surface area contributed by atoms with Crippen LogP contribution in [0.4, 0.5) is 0 Å². The predicted octanol–water partition coefficient (Wildman–Crippen LogP) is 11.6. The Morgan fingerprint density at radius 1 is 0.333 bits per heavy atom. The van der Waals surface area contributed by atoms with Crippen LogP contribution in [0.3, 0.4) is 0 Å². The topological polar surface area (TPSA) is 40.5 Å². The van der Waals surface area contributed by atoms with E-state index in [9.17, 15) is 10.2 Å². The summed E-state index contributed by atoms with van der Waals surface area (Å²) in [7, 11) is 0. The summed E-state index contributed by atoms with van der Waals surface area (Å²) in [6, 6.07) is 52.7. The molecule has 0 aromatic heterocycles. The molecule has 0 atom stereocenters. The first-order valence-electron chi connectivity index (χ1n) is 14.1. The van der Waals surface area contributed by atoms with Crippen molar-refractivity contribution in [1.29, 1.82) is 0 Å². The Labute approximate surface area is 280 Å². The first kappa shape index (κ1) is 33.0. The van der Waals surface area contributed by atoms with Crippen LogP contribution in [0, 0.1) is 14.9 Å². The number of phenols is 2. The van der Waals surface area contributed by atoms with E-state index < -0.39 is 0 Å². The largest absolute Gasteiger partial charge is 2.00 e. The molecule has 8 aromatic carbocycles. The van der Waals surface area contributed by atoms with Crippen molar-refractivity contribution in [3.8, 4) is 33.8 Å². The van der Waals surface area contributed by atoms with Crippen LogP contribution in [-0.4, -0.2) is 10.2 Å². The maximum absolute atomic E-state index is 10.8. The van der Waals surface area contributed by atoms with Gasteiger partial charge in [-0.15, -0.1) is 0 Å². The molecule has 0 amide bonds. The van der Waals surface area contributed by atoms with Crippen LogP contribution >= 0.6 is 0 Å². The second-order valence-electron chi connectivity index (χ2n) is 10.4. The van der Waals surface area contributed by atoms with Crippen LogP contribution in [-0.2, 0) is 21.7 Å². The minimum absolute atomic E-state index is 0. The van der Waals surface area contributed by atoms with Gasteiger partial charge in [-0.05, 0) is 54.9 Å². The van der Waals surface area contributed by atoms with Crippen molar-refractivity contribution in [2.45, 2.75) is 0 Å². The monoisotopic (exact) mass is 618 g/mol. The third kappa shape index (κ3) is 6.08. The molecule has 2 N–H and O–H groups in total. The van der Waals surface area contributed by atoms with Gasteiger partial charge in [-0.25, -0.2) is 0 Å². The SMILES string of the molecule is Oc1c(-c2ccccc2)c2ccccc2c2ccccc12.Oc1ccccc1-c1cccc2c1ccc1ccccc12.[CH3-].[CH3-].[Ti+2]. The molecule has 0 aliphatic carbocycles. The number of aromatic hydroxyl groups is 2. The minimum atomic E-state index is 0. The molecule has 8 aromatic rings. The van der Waals surface area contributed by atoms with Gasteiger partial charge in [-0.3, -0.25) is 0 Å². The predicted molar refractivity (Wildman–Crippen MR) is 190 cm³/mol. The average Bonchev–Trinajstić information content (AvgIpc) is 3.06. The summed E-state index contributed by atoms with van der Waals surface area (Å²) in [6.45, 7) is 0. The zero-order valence-electron chi connectivity index (χ0n) is 25.4. The second kappa shape index (κ2) is 14.3. The van der Waals surface area contributed by atoms with E-state index in [1.807, 2.05) is 78.9 Å². The van der Waals surface area contributed by atoms with Crippen molar-refractivity contribution in [2.75, 3.05) is 0 Å². The third-order valence-corrected chi connectivity index (χ3v) is 7.95. The van der Waals surface area contributed by atoms with Crippen LogP contribution in [0.15, 0.2) is 158 Å². The Morgan fingerprint density at radius 2 is 0.822 bits per heavy atom. The Bertz CT molecular complexity index is 2220. The van der Waals surface area contributed by atoms with Crippen molar-refractivity contribution in [3.05, 3.63) is 173 Å². The fourth-order valence-electron chi connectivity index (χ4n) is 6.00. The van der Waals surface area contributed by atoms with Gasteiger partial charge in [0, 0.05) is 16.5 Å². The number of fused-ring (bicyclic) bond motifs is 6. The molecule has 0 bridgehead atoms. The fourth-order valence-corrected chi connectivity index (χ4v) is 6.00. The molecular formula is C42H34O2Ti. The molecular weight excluding hydrogens is 584 g/mol. The van der Waals surface area contributed by atoms with Crippen LogP contribution in [0.1, 0.15) is 0 Å². The van der Waals surface area contributed by atoms with Crippen molar-refractivity contribution < 1.29 is 31.9 Å². The third-order valence-electron chi connectivity index (χ3n) is 7.95. The van der Waals surface area contributed by atoms with Gasteiger partial charge in [-0.1, -0.05) is 152 Å². The quantitative estimate of drug-likeness (QED) is 0.115. The summed E-state index contributed by atoms with van der Waals surface area (Å²) in [4.78, 5) is 0. The van der Waals surface area contributed by atoms with Crippen LogP contribution in [0.25, 0.3) is 65.3 Å². The Kier molecular flexibility index (Phi) is 10.5. The molecule has 0 saturated heterocycles. The fraction of sp³-hybridized carbons (Fsp3) is 0. The van der Waals surface area contributed by atoms with E-state index in [-0.39, 0.29) is 36.6 Å². The number of para-hydroxylation sites is 1. The number of hydrogen-bond donors (Lipinski definition) is 2. The number of benzene rings is 8. The summed E-state index contributed by atoms with van der Waals surface area (Å²) >= 11 is 0. The van der Waals surface area contributed by atoms with Crippen molar-refractivity contribution >= 4 is 43.1 Å². The molecule has 0 unspecified atom stereocenters.